The highest BCUT2D eigenvalue weighted by atomic mass is 16.5. The van der Waals surface area contributed by atoms with Gasteiger partial charge in [0.2, 0.25) is 0 Å². The molecule has 0 aromatic heterocycles. The van der Waals surface area contributed by atoms with Gasteiger partial charge in [0.15, 0.2) is 5.78 Å². The van der Waals surface area contributed by atoms with E-state index < -0.39 is 0 Å². The summed E-state index contributed by atoms with van der Waals surface area (Å²) >= 11 is 0. The van der Waals surface area contributed by atoms with Crippen molar-refractivity contribution in [1.29, 1.82) is 0 Å². The summed E-state index contributed by atoms with van der Waals surface area (Å²) in [7, 11) is 1.39. The molecule has 0 amide bonds. The number of carbonyl (C=O) groups excluding carboxylic acids is 2. The van der Waals surface area contributed by atoms with E-state index in [0.29, 0.717) is 12.2 Å². The van der Waals surface area contributed by atoms with Gasteiger partial charge in [0.05, 0.1) is 7.11 Å². The Hall–Kier alpha value is -1.84. The molecule has 1 aliphatic rings. The minimum absolute atomic E-state index is 0.0757. The lowest BCUT2D eigenvalue weighted by Gasteiger charge is -2.29. The zero-order valence-electron chi connectivity index (χ0n) is 12.4. The Balaban J connectivity index is 1.90. The van der Waals surface area contributed by atoms with Gasteiger partial charge in [-0.3, -0.25) is 9.59 Å². The molecule has 0 N–H and O–H groups in total. The normalized spacial score (nSPS) is 21.6. The zero-order valence-corrected chi connectivity index (χ0v) is 12.4. The summed E-state index contributed by atoms with van der Waals surface area (Å²) in [5.74, 6) is 0.571. The van der Waals surface area contributed by atoms with E-state index in [2.05, 4.69) is 0 Å². The van der Waals surface area contributed by atoms with Crippen LogP contribution in [0, 0.1) is 11.8 Å². The number of hydrogen-bond donors (Lipinski definition) is 0. The Morgan fingerprint density at radius 2 is 1.86 bits per heavy atom. The van der Waals surface area contributed by atoms with Crippen molar-refractivity contribution in [1.82, 2.24) is 0 Å². The molecule has 4 nitrogen and oxygen atoms in total. The first-order chi connectivity index (χ1) is 10.2. The van der Waals surface area contributed by atoms with Gasteiger partial charge in [-0.25, -0.2) is 0 Å². The molecule has 0 spiro atoms. The van der Waals surface area contributed by atoms with Crippen molar-refractivity contribution in [3.05, 3.63) is 30.3 Å². The van der Waals surface area contributed by atoms with Crippen LogP contribution < -0.4 is 4.74 Å². The predicted octanol–water partition coefficient (Wildman–Crippen LogP) is 3.00. The Morgan fingerprint density at radius 1 is 1.14 bits per heavy atom. The number of methoxy groups -OCH3 is 1. The SMILES string of the molecule is COC(=O)CC1CCCCC1C(=O)COc1ccccc1. The molecule has 1 aromatic rings. The molecule has 1 saturated carbocycles. The van der Waals surface area contributed by atoms with Gasteiger partial charge in [0.25, 0.3) is 0 Å². The van der Waals surface area contributed by atoms with Crippen molar-refractivity contribution in [2.45, 2.75) is 32.1 Å². The van der Waals surface area contributed by atoms with Gasteiger partial charge in [-0.1, -0.05) is 31.0 Å². The first-order valence-corrected chi connectivity index (χ1v) is 7.48. The largest absolute Gasteiger partial charge is 0.486 e. The van der Waals surface area contributed by atoms with Gasteiger partial charge in [-0.05, 0) is 30.9 Å². The first-order valence-electron chi connectivity index (χ1n) is 7.48. The summed E-state index contributed by atoms with van der Waals surface area (Å²) in [5.41, 5.74) is 0. The maximum Gasteiger partial charge on any atom is 0.305 e. The third-order valence-corrected chi connectivity index (χ3v) is 4.10. The molecule has 1 aliphatic carbocycles. The summed E-state index contributed by atoms with van der Waals surface area (Å²) in [4.78, 5) is 23.8. The van der Waals surface area contributed by atoms with Crippen LogP contribution in [0.5, 0.6) is 5.75 Å². The molecule has 2 atom stereocenters. The van der Waals surface area contributed by atoms with Crippen LogP contribution in [0.2, 0.25) is 0 Å². The fourth-order valence-corrected chi connectivity index (χ4v) is 2.95. The predicted molar refractivity (Wildman–Crippen MR) is 79.0 cm³/mol. The maximum absolute atomic E-state index is 12.4. The molecule has 4 heteroatoms. The van der Waals surface area contributed by atoms with Crippen LogP contribution in [-0.4, -0.2) is 25.5 Å². The maximum atomic E-state index is 12.4. The van der Waals surface area contributed by atoms with Crippen molar-refractivity contribution >= 4 is 11.8 Å². The highest BCUT2D eigenvalue weighted by Gasteiger charge is 2.32. The van der Waals surface area contributed by atoms with Crippen molar-refractivity contribution in [3.8, 4) is 5.75 Å². The molecule has 21 heavy (non-hydrogen) atoms. The highest BCUT2D eigenvalue weighted by Crippen LogP contribution is 2.33. The van der Waals surface area contributed by atoms with Crippen molar-refractivity contribution in [3.63, 3.8) is 0 Å². The third kappa shape index (κ3) is 4.59. The van der Waals surface area contributed by atoms with E-state index in [1.807, 2.05) is 30.3 Å². The quantitative estimate of drug-likeness (QED) is 0.756. The number of ketones is 1. The number of hydrogen-bond acceptors (Lipinski definition) is 4. The number of para-hydroxylation sites is 1. The minimum atomic E-state index is -0.233. The average Bonchev–Trinajstić information content (AvgIpc) is 2.54. The van der Waals surface area contributed by atoms with Crippen LogP contribution in [-0.2, 0) is 14.3 Å². The van der Waals surface area contributed by atoms with Crippen LogP contribution in [0.1, 0.15) is 32.1 Å². The summed E-state index contributed by atoms with van der Waals surface area (Å²) in [5, 5.41) is 0. The number of esters is 1. The Morgan fingerprint density at radius 3 is 2.57 bits per heavy atom. The van der Waals surface area contributed by atoms with Gasteiger partial charge in [0, 0.05) is 12.3 Å². The van der Waals surface area contributed by atoms with E-state index in [9.17, 15) is 9.59 Å². The smallest absolute Gasteiger partial charge is 0.305 e. The lowest BCUT2D eigenvalue weighted by atomic mass is 9.75. The second-order valence-corrected chi connectivity index (χ2v) is 5.50. The number of rotatable bonds is 6. The number of Topliss-reactive ketones (excluding diaryl/α,β-unsaturated/α-hetero) is 1. The van der Waals surface area contributed by atoms with E-state index >= 15 is 0 Å². The molecule has 0 aliphatic heterocycles. The second-order valence-electron chi connectivity index (χ2n) is 5.50. The van der Waals surface area contributed by atoms with Crippen LogP contribution in [0.4, 0.5) is 0 Å². The molecule has 0 heterocycles. The van der Waals surface area contributed by atoms with Crippen LogP contribution in [0.3, 0.4) is 0 Å². The van der Waals surface area contributed by atoms with Crippen molar-refractivity contribution in [2.24, 2.45) is 11.8 Å². The molecule has 2 unspecified atom stereocenters. The summed E-state index contributed by atoms with van der Waals surface area (Å²) in [6.45, 7) is 0.0757. The van der Waals surface area contributed by atoms with E-state index in [0.717, 1.165) is 25.7 Å². The fourth-order valence-electron chi connectivity index (χ4n) is 2.95. The Labute approximate surface area is 125 Å². The molecule has 114 valence electrons. The average molecular weight is 290 g/mol. The van der Waals surface area contributed by atoms with Crippen LogP contribution in [0.15, 0.2) is 30.3 Å². The van der Waals surface area contributed by atoms with Crippen molar-refractivity contribution < 1.29 is 19.1 Å². The molecule has 1 fully saturated rings. The number of carbonyl (C=O) groups is 2. The molecule has 0 saturated heterocycles. The van der Waals surface area contributed by atoms with Gasteiger partial charge < -0.3 is 9.47 Å². The van der Waals surface area contributed by atoms with Crippen LogP contribution >= 0.6 is 0 Å². The number of ether oxygens (including phenoxy) is 2. The fraction of sp³-hybridized carbons (Fsp3) is 0.529. The molecule has 0 radical (unpaired) electrons. The van der Waals surface area contributed by atoms with E-state index in [1.54, 1.807) is 0 Å². The summed E-state index contributed by atoms with van der Waals surface area (Å²) in [6.07, 6.45) is 4.21. The highest BCUT2D eigenvalue weighted by molar-refractivity contribution is 5.83. The van der Waals surface area contributed by atoms with Gasteiger partial charge >= 0.3 is 5.97 Å². The number of benzene rings is 1. The van der Waals surface area contributed by atoms with Gasteiger partial charge in [-0.2, -0.15) is 0 Å². The summed E-state index contributed by atoms with van der Waals surface area (Å²) < 4.78 is 10.3. The molecule has 2 rings (SSSR count). The first kappa shape index (κ1) is 15.5. The Bertz CT molecular complexity index is 469. The van der Waals surface area contributed by atoms with Gasteiger partial charge in [-0.15, -0.1) is 0 Å². The van der Waals surface area contributed by atoms with Crippen LogP contribution in [0.25, 0.3) is 0 Å². The standard InChI is InChI=1S/C17H22O4/c1-20-17(19)11-13-7-5-6-10-15(13)16(18)12-21-14-8-3-2-4-9-14/h2-4,8-9,13,15H,5-7,10-12H2,1H3. The molecular weight excluding hydrogens is 268 g/mol. The monoisotopic (exact) mass is 290 g/mol. The lowest BCUT2D eigenvalue weighted by molar-refractivity contribution is -0.143. The Kier molecular flexibility index (Phi) is 5.78. The third-order valence-electron chi connectivity index (χ3n) is 4.10. The zero-order chi connectivity index (χ0) is 15.1. The van der Waals surface area contributed by atoms with E-state index in [1.165, 1.54) is 7.11 Å². The van der Waals surface area contributed by atoms with Gasteiger partial charge in [0.1, 0.15) is 12.4 Å². The topological polar surface area (TPSA) is 52.6 Å². The molecule has 0 bridgehead atoms. The van der Waals surface area contributed by atoms with E-state index in [-0.39, 0.29) is 30.2 Å². The van der Waals surface area contributed by atoms with E-state index in [4.69, 9.17) is 9.47 Å². The minimum Gasteiger partial charge on any atom is -0.486 e. The second kappa shape index (κ2) is 7.81. The lowest BCUT2D eigenvalue weighted by Crippen LogP contribution is -2.32. The van der Waals surface area contributed by atoms with Crippen molar-refractivity contribution in [2.75, 3.05) is 13.7 Å². The molecular formula is C17H22O4. The summed E-state index contributed by atoms with van der Waals surface area (Å²) in [6, 6.07) is 9.32. The molecule has 1 aromatic carbocycles.